The molecule has 2 aromatic carbocycles. The van der Waals surface area contributed by atoms with Gasteiger partial charge in [0.1, 0.15) is 11.8 Å². The number of aromatic nitrogens is 1. The number of amides is 2. The normalized spacial score (nSPS) is 17.8. The molecule has 1 aromatic heterocycles. The molecule has 1 atom stereocenters. The van der Waals surface area contributed by atoms with Crippen LogP contribution in [0.15, 0.2) is 54.7 Å². The quantitative estimate of drug-likeness (QED) is 0.579. The van der Waals surface area contributed by atoms with E-state index in [1.54, 1.807) is 23.2 Å². The lowest BCUT2D eigenvalue weighted by molar-refractivity contribution is -0.125. The van der Waals surface area contributed by atoms with Gasteiger partial charge in [-0.05, 0) is 48.6 Å². The second kappa shape index (κ2) is 9.10. The van der Waals surface area contributed by atoms with Gasteiger partial charge in [-0.15, -0.1) is 0 Å². The van der Waals surface area contributed by atoms with E-state index in [1.165, 1.54) is 12.8 Å². The molecule has 170 valence electrons. The van der Waals surface area contributed by atoms with Crippen molar-refractivity contribution in [3.8, 4) is 11.6 Å². The van der Waals surface area contributed by atoms with Crippen molar-refractivity contribution in [3.05, 3.63) is 65.9 Å². The Balaban J connectivity index is 1.22. The number of ether oxygens (including phenoxy) is 1. The Labute approximate surface area is 192 Å². The van der Waals surface area contributed by atoms with E-state index in [0.29, 0.717) is 43.3 Å². The third-order valence-corrected chi connectivity index (χ3v) is 6.38. The Morgan fingerprint density at radius 1 is 1.09 bits per heavy atom. The first-order valence-corrected chi connectivity index (χ1v) is 11.5. The largest absolute Gasteiger partial charge is 0.506 e. The van der Waals surface area contributed by atoms with Gasteiger partial charge in [0.15, 0.2) is 0 Å². The third kappa shape index (κ3) is 4.62. The number of nitrogens with zero attached hydrogens (tertiary/aromatic N) is 2. The molecule has 7 nitrogen and oxygen atoms in total. The fraction of sp³-hybridized carbons (Fsp3) is 0.346. The van der Waals surface area contributed by atoms with E-state index in [4.69, 9.17) is 4.74 Å². The molecule has 1 saturated heterocycles. The van der Waals surface area contributed by atoms with Crippen molar-refractivity contribution in [2.24, 2.45) is 5.92 Å². The van der Waals surface area contributed by atoms with Crippen molar-refractivity contribution >= 4 is 22.6 Å². The van der Waals surface area contributed by atoms with E-state index in [1.807, 2.05) is 36.4 Å². The van der Waals surface area contributed by atoms with Crippen molar-refractivity contribution in [1.82, 2.24) is 15.2 Å². The van der Waals surface area contributed by atoms with Gasteiger partial charge in [0.2, 0.25) is 11.8 Å². The van der Waals surface area contributed by atoms with Gasteiger partial charge in [-0.3, -0.25) is 9.59 Å². The SMILES string of the molecule is O=C(NCc1ccc(OCC2CC2)nc1)C1CCCN1C(=O)c1ccc2ccccc2c1O. The summed E-state index contributed by atoms with van der Waals surface area (Å²) in [5, 5.41) is 15.1. The molecule has 0 radical (unpaired) electrons. The summed E-state index contributed by atoms with van der Waals surface area (Å²) < 4.78 is 5.65. The average molecular weight is 446 g/mol. The minimum Gasteiger partial charge on any atom is -0.506 e. The van der Waals surface area contributed by atoms with E-state index in [-0.39, 0.29) is 23.1 Å². The Kier molecular flexibility index (Phi) is 5.86. The summed E-state index contributed by atoms with van der Waals surface area (Å²) in [5.41, 5.74) is 1.09. The summed E-state index contributed by atoms with van der Waals surface area (Å²) in [4.78, 5) is 32.0. The number of aromatic hydroxyl groups is 1. The van der Waals surface area contributed by atoms with Crippen LogP contribution in [0.3, 0.4) is 0 Å². The number of phenolic OH excluding ortho intramolecular Hbond substituents is 1. The van der Waals surface area contributed by atoms with Crippen LogP contribution in [-0.4, -0.2) is 46.0 Å². The van der Waals surface area contributed by atoms with Gasteiger partial charge in [0.05, 0.1) is 12.2 Å². The molecule has 33 heavy (non-hydrogen) atoms. The number of hydrogen-bond donors (Lipinski definition) is 2. The van der Waals surface area contributed by atoms with E-state index in [2.05, 4.69) is 10.3 Å². The van der Waals surface area contributed by atoms with Crippen molar-refractivity contribution in [1.29, 1.82) is 0 Å². The lowest BCUT2D eigenvalue weighted by Crippen LogP contribution is -2.45. The summed E-state index contributed by atoms with van der Waals surface area (Å²) in [7, 11) is 0. The number of hydrogen-bond acceptors (Lipinski definition) is 5. The lowest BCUT2D eigenvalue weighted by Gasteiger charge is -2.24. The minimum absolute atomic E-state index is 0.0424. The highest BCUT2D eigenvalue weighted by Gasteiger charge is 2.35. The molecule has 2 aliphatic rings. The van der Waals surface area contributed by atoms with Gasteiger partial charge < -0.3 is 20.1 Å². The van der Waals surface area contributed by atoms with Gasteiger partial charge in [-0.2, -0.15) is 0 Å². The highest BCUT2D eigenvalue weighted by atomic mass is 16.5. The molecular weight excluding hydrogens is 418 g/mol. The maximum absolute atomic E-state index is 13.2. The topological polar surface area (TPSA) is 91.8 Å². The number of carbonyl (C=O) groups excluding carboxylic acids is 2. The van der Waals surface area contributed by atoms with Gasteiger partial charge in [0, 0.05) is 30.7 Å². The molecule has 1 aliphatic heterocycles. The van der Waals surface area contributed by atoms with E-state index < -0.39 is 6.04 Å². The first-order valence-electron chi connectivity index (χ1n) is 11.5. The number of rotatable bonds is 7. The second-order valence-corrected chi connectivity index (χ2v) is 8.82. The number of benzene rings is 2. The standard InChI is InChI=1S/C26H27N3O4/c30-24-20-5-2-1-4-19(20)10-11-21(24)26(32)29-13-3-6-22(29)25(31)28-15-18-9-12-23(27-14-18)33-16-17-7-8-17/h1-2,4-5,9-12,14,17,22,30H,3,6-8,13,15-16H2,(H,28,31). The van der Waals surface area contributed by atoms with E-state index >= 15 is 0 Å². The van der Waals surface area contributed by atoms with Gasteiger partial charge in [-0.25, -0.2) is 4.98 Å². The molecule has 1 saturated carbocycles. The Morgan fingerprint density at radius 2 is 1.94 bits per heavy atom. The van der Waals surface area contributed by atoms with E-state index in [0.717, 1.165) is 17.4 Å². The second-order valence-electron chi connectivity index (χ2n) is 8.82. The molecule has 2 amide bonds. The molecule has 7 heteroatoms. The van der Waals surface area contributed by atoms with Gasteiger partial charge in [-0.1, -0.05) is 36.4 Å². The molecule has 0 bridgehead atoms. The number of carbonyl (C=O) groups is 2. The van der Waals surface area contributed by atoms with Crippen LogP contribution in [0.5, 0.6) is 11.6 Å². The predicted octanol–water partition coefficient (Wildman–Crippen LogP) is 3.65. The number of pyridine rings is 1. The molecule has 1 aliphatic carbocycles. The summed E-state index contributed by atoms with van der Waals surface area (Å²) in [5.74, 6) is 0.697. The molecule has 1 unspecified atom stereocenters. The number of nitrogens with one attached hydrogen (secondary N) is 1. The molecule has 0 spiro atoms. The predicted molar refractivity (Wildman–Crippen MR) is 124 cm³/mol. The first-order chi connectivity index (χ1) is 16.1. The van der Waals surface area contributed by atoms with Crippen LogP contribution >= 0.6 is 0 Å². The molecule has 2 heterocycles. The van der Waals surface area contributed by atoms with Crippen molar-refractivity contribution < 1.29 is 19.4 Å². The summed E-state index contributed by atoms with van der Waals surface area (Å²) in [6, 6.07) is 14.0. The van der Waals surface area contributed by atoms with Crippen LogP contribution in [0.25, 0.3) is 10.8 Å². The zero-order chi connectivity index (χ0) is 22.8. The molecule has 5 rings (SSSR count). The van der Waals surface area contributed by atoms with Crippen LogP contribution in [0, 0.1) is 5.92 Å². The van der Waals surface area contributed by atoms with Crippen LogP contribution in [-0.2, 0) is 11.3 Å². The summed E-state index contributed by atoms with van der Waals surface area (Å²) in [6.07, 6.45) is 5.49. The molecule has 3 aromatic rings. The number of fused-ring (bicyclic) bond motifs is 1. The number of phenols is 1. The summed E-state index contributed by atoms with van der Waals surface area (Å²) in [6.45, 7) is 1.52. The Morgan fingerprint density at radius 3 is 2.73 bits per heavy atom. The van der Waals surface area contributed by atoms with Crippen LogP contribution in [0.2, 0.25) is 0 Å². The molecular formula is C26H27N3O4. The fourth-order valence-electron chi connectivity index (χ4n) is 4.26. The van der Waals surface area contributed by atoms with Gasteiger partial charge >= 0.3 is 0 Å². The Hall–Kier alpha value is -3.61. The maximum Gasteiger partial charge on any atom is 0.258 e. The van der Waals surface area contributed by atoms with Crippen LogP contribution in [0.4, 0.5) is 0 Å². The maximum atomic E-state index is 13.2. The highest BCUT2D eigenvalue weighted by molar-refractivity contribution is 6.05. The van der Waals surface area contributed by atoms with Gasteiger partial charge in [0.25, 0.3) is 5.91 Å². The van der Waals surface area contributed by atoms with Crippen molar-refractivity contribution in [2.45, 2.75) is 38.3 Å². The zero-order valence-electron chi connectivity index (χ0n) is 18.4. The van der Waals surface area contributed by atoms with Crippen LogP contribution in [0.1, 0.15) is 41.6 Å². The Bertz CT molecular complexity index is 1170. The van der Waals surface area contributed by atoms with E-state index in [9.17, 15) is 14.7 Å². The lowest BCUT2D eigenvalue weighted by atomic mass is 10.0. The average Bonchev–Trinajstić information content (AvgIpc) is 3.55. The zero-order valence-corrected chi connectivity index (χ0v) is 18.4. The first kappa shape index (κ1) is 21.2. The monoisotopic (exact) mass is 445 g/mol. The smallest absolute Gasteiger partial charge is 0.258 e. The molecule has 2 N–H and O–H groups in total. The van der Waals surface area contributed by atoms with Crippen molar-refractivity contribution in [3.63, 3.8) is 0 Å². The fourth-order valence-corrected chi connectivity index (χ4v) is 4.26. The van der Waals surface area contributed by atoms with Crippen molar-refractivity contribution in [2.75, 3.05) is 13.2 Å². The number of likely N-dealkylation sites (tertiary alicyclic amines) is 1. The molecule has 2 fully saturated rings. The minimum atomic E-state index is -0.558. The highest BCUT2D eigenvalue weighted by Crippen LogP contribution is 2.31. The summed E-state index contributed by atoms with van der Waals surface area (Å²) >= 11 is 0. The van der Waals surface area contributed by atoms with Crippen LogP contribution < -0.4 is 10.1 Å². The third-order valence-electron chi connectivity index (χ3n) is 6.38.